The van der Waals surface area contributed by atoms with Gasteiger partial charge in [0.15, 0.2) is 0 Å². The van der Waals surface area contributed by atoms with Gasteiger partial charge >= 0.3 is 0 Å². The fourth-order valence-corrected chi connectivity index (χ4v) is 0. The summed E-state index contributed by atoms with van der Waals surface area (Å²) >= 11 is 3.34. The van der Waals surface area contributed by atoms with Crippen molar-refractivity contribution in [2.24, 2.45) is 0 Å². The van der Waals surface area contributed by atoms with Crippen LogP contribution in [0.5, 0.6) is 0 Å². The van der Waals surface area contributed by atoms with E-state index in [-0.39, 0.29) is 0 Å². The lowest BCUT2D eigenvalue weighted by atomic mass is 11.8. The van der Waals surface area contributed by atoms with Crippen LogP contribution in [0.3, 0.4) is 0 Å². The minimum absolute atomic E-state index is 0.850. The molecular weight excluding hydrogens is 164 g/mol. The summed E-state index contributed by atoms with van der Waals surface area (Å²) in [5, 5.41) is 0. The Balaban J connectivity index is 3.17. The Bertz CT molecular complexity index is 40.5. The monoisotopic (exact) mass is 172 g/mol. The van der Waals surface area contributed by atoms with Crippen LogP contribution in [0.2, 0.25) is 0 Å². The van der Waals surface area contributed by atoms with Crippen molar-refractivity contribution < 1.29 is 4.18 Å². The molecule has 0 aliphatic heterocycles. The van der Waals surface area contributed by atoms with Crippen molar-refractivity contribution >= 4 is 23.6 Å². The van der Waals surface area contributed by atoms with Gasteiger partial charge in [-0.05, 0) is 27.3 Å². The van der Waals surface area contributed by atoms with Crippen LogP contribution < -0.4 is 0 Å². The van der Waals surface area contributed by atoms with Crippen LogP contribution in [0.4, 0.5) is 0 Å². The second-order valence-corrected chi connectivity index (χ2v) is 8.52. The van der Waals surface area contributed by atoms with Crippen molar-refractivity contribution in [3.63, 3.8) is 0 Å². The van der Waals surface area contributed by atoms with Crippen LogP contribution in [0.15, 0.2) is 0 Å². The normalized spacial score (nSPS) is 14.7. The molecule has 0 N–H and O–H groups in total. The molecule has 0 radical (unpaired) electrons. The second-order valence-electron chi connectivity index (χ2n) is 1.28. The summed E-state index contributed by atoms with van der Waals surface area (Å²) in [6, 6.07) is 0. The lowest BCUT2D eigenvalue weighted by Crippen LogP contribution is -1.83. The van der Waals surface area contributed by atoms with E-state index in [9.17, 15) is 0 Å². The van der Waals surface area contributed by atoms with Gasteiger partial charge in [-0.1, -0.05) is 8.74 Å². The van der Waals surface area contributed by atoms with Crippen LogP contribution in [-0.4, -0.2) is 19.6 Å². The predicted molar refractivity (Wildman–Crippen MR) is 35.4 cm³/mol. The standard InChI is InChI=1S/C3H9BrOS/c1-5-6(2,3)4/h1-3H3. The third-order valence-corrected chi connectivity index (χ3v) is 1.98. The van der Waals surface area contributed by atoms with E-state index in [0.717, 1.165) is 0 Å². The molecule has 0 saturated carbocycles. The summed E-state index contributed by atoms with van der Waals surface area (Å²) in [5.41, 5.74) is 0. The molecule has 40 valence electrons. The Morgan fingerprint density at radius 3 is 1.67 bits per heavy atom. The topological polar surface area (TPSA) is 9.23 Å². The second kappa shape index (κ2) is 2.19. The lowest BCUT2D eigenvalue weighted by Gasteiger charge is -2.18. The summed E-state index contributed by atoms with van der Waals surface area (Å²) in [6.45, 7) is 0. The Labute approximate surface area is 47.8 Å². The smallest absolute Gasteiger partial charge is 0.0491 e. The van der Waals surface area contributed by atoms with Gasteiger partial charge in [-0.25, -0.2) is 0 Å². The zero-order chi connectivity index (χ0) is 5.21. The third kappa shape index (κ3) is 4.79. The summed E-state index contributed by atoms with van der Waals surface area (Å²) in [7, 11) is 0.849. The number of halogens is 1. The first-order valence-electron chi connectivity index (χ1n) is 1.55. The molecule has 0 unspecified atom stereocenters. The first kappa shape index (κ1) is 6.79. The van der Waals surface area contributed by atoms with E-state index in [2.05, 4.69) is 14.8 Å². The molecule has 0 aliphatic rings. The average molecular weight is 173 g/mol. The first-order valence-corrected chi connectivity index (χ1v) is 5.76. The van der Waals surface area contributed by atoms with E-state index in [1.165, 1.54) is 0 Å². The van der Waals surface area contributed by atoms with Crippen LogP contribution in [0, 0.1) is 0 Å². The zero-order valence-corrected chi connectivity index (χ0v) is 6.60. The van der Waals surface area contributed by atoms with Gasteiger partial charge in [0.1, 0.15) is 0 Å². The molecule has 0 heterocycles. The Morgan fingerprint density at radius 1 is 1.50 bits per heavy atom. The fourth-order valence-electron chi connectivity index (χ4n) is 0. The molecule has 0 aromatic heterocycles. The van der Waals surface area contributed by atoms with Crippen molar-refractivity contribution in [1.82, 2.24) is 0 Å². The maximum absolute atomic E-state index is 4.94. The number of hydrogen-bond acceptors (Lipinski definition) is 1. The molecule has 0 aliphatic carbocycles. The predicted octanol–water partition coefficient (Wildman–Crippen LogP) is 1.92. The van der Waals surface area contributed by atoms with Gasteiger partial charge < -0.3 is 4.18 Å². The molecule has 0 amide bonds. The van der Waals surface area contributed by atoms with E-state index >= 15 is 0 Å². The molecular formula is C3H9BrOS. The maximum atomic E-state index is 4.94. The van der Waals surface area contributed by atoms with Crippen molar-refractivity contribution in [2.45, 2.75) is 0 Å². The lowest BCUT2D eigenvalue weighted by molar-refractivity contribution is 0.481. The van der Waals surface area contributed by atoms with E-state index in [0.29, 0.717) is 0 Å². The van der Waals surface area contributed by atoms with Crippen LogP contribution in [-0.2, 0) is 4.18 Å². The molecule has 3 heteroatoms. The van der Waals surface area contributed by atoms with Gasteiger partial charge in [-0.2, -0.15) is 0 Å². The molecule has 0 spiro atoms. The fraction of sp³-hybridized carbons (Fsp3) is 1.00. The van der Waals surface area contributed by atoms with Gasteiger partial charge in [-0.15, -0.1) is 0 Å². The molecule has 0 atom stereocenters. The summed E-state index contributed by atoms with van der Waals surface area (Å²) < 4.78 is 4.94. The van der Waals surface area contributed by atoms with E-state index in [4.69, 9.17) is 4.18 Å². The van der Waals surface area contributed by atoms with Gasteiger partial charge in [-0.3, -0.25) is 0 Å². The Morgan fingerprint density at radius 2 is 1.67 bits per heavy atom. The number of rotatable bonds is 1. The minimum Gasteiger partial charge on any atom is -0.331 e. The molecule has 0 rings (SSSR count). The Hall–Kier alpha value is 0.790. The highest BCUT2D eigenvalue weighted by molar-refractivity contribution is 9.57. The van der Waals surface area contributed by atoms with Crippen molar-refractivity contribution in [3.8, 4) is 0 Å². The number of hydrogen-bond donors (Lipinski definition) is 0. The molecule has 0 bridgehead atoms. The third-order valence-electron chi connectivity index (χ3n) is 0.396. The largest absolute Gasteiger partial charge is 0.331 e. The SMILES string of the molecule is COS(C)(C)Br. The molecule has 0 aromatic carbocycles. The quantitative estimate of drug-likeness (QED) is 0.588. The zero-order valence-electron chi connectivity index (χ0n) is 4.19. The van der Waals surface area contributed by atoms with E-state index in [1.807, 2.05) is 12.5 Å². The molecule has 0 saturated heterocycles. The van der Waals surface area contributed by atoms with Crippen LogP contribution >= 0.6 is 23.6 Å². The van der Waals surface area contributed by atoms with Crippen LogP contribution in [0.25, 0.3) is 0 Å². The summed E-state index contributed by atoms with van der Waals surface area (Å²) in [4.78, 5) is 0. The van der Waals surface area contributed by atoms with E-state index < -0.39 is 8.74 Å². The molecule has 0 fully saturated rings. The van der Waals surface area contributed by atoms with Crippen molar-refractivity contribution in [3.05, 3.63) is 0 Å². The summed E-state index contributed by atoms with van der Waals surface area (Å²) in [6.07, 6.45) is 4.04. The van der Waals surface area contributed by atoms with Gasteiger partial charge in [0.25, 0.3) is 0 Å². The van der Waals surface area contributed by atoms with Gasteiger partial charge in [0.05, 0.1) is 0 Å². The van der Waals surface area contributed by atoms with Crippen LogP contribution in [0.1, 0.15) is 0 Å². The Kier molecular flexibility index (Phi) is 2.48. The average Bonchev–Trinajstić information content (AvgIpc) is 1.35. The van der Waals surface area contributed by atoms with Crippen molar-refractivity contribution in [2.75, 3.05) is 19.6 Å². The molecule has 0 aromatic rings. The highest BCUT2D eigenvalue weighted by atomic mass is 79.9. The van der Waals surface area contributed by atoms with Gasteiger partial charge in [0, 0.05) is 7.11 Å². The maximum Gasteiger partial charge on any atom is 0.0491 e. The van der Waals surface area contributed by atoms with Gasteiger partial charge in [0.2, 0.25) is 0 Å². The minimum atomic E-state index is -0.850. The summed E-state index contributed by atoms with van der Waals surface area (Å²) in [5.74, 6) is 0. The molecule has 1 nitrogen and oxygen atoms in total. The van der Waals surface area contributed by atoms with E-state index in [1.54, 1.807) is 7.11 Å². The first-order chi connectivity index (χ1) is 2.56. The van der Waals surface area contributed by atoms with Crippen molar-refractivity contribution in [1.29, 1.82) is 0 Å². The highest BCUT2D eigenvalue weighted by Crippen LogP contribution is 2.47. The highest BCUT2D eigenvalue weighted by Gasteiger charge is 1.99. The molecule has 6 heavy (non-hydrogen) atoms.